The van der Waals surface area contributed by atoms with Gasteiger partial charge in [-0.25, -0.2) is 0 Å². The Labute approximate surface area is 85.2 Å². The molecule has 80 valence electrons. The van der Waals surface area contributed by atoms with Crippen LogP contribution in [0.1, 0.15) is 18.6 Å². The first-order valence-corrected chi connectivity index (χ1v) is 4.37. The summed E-state index contributed by atoms with van der Waals surface area (Å²) in [6, 6.07) is 4.71. The van der Waals surface area contributed by atoms with Gasteiger partial charge in [0.15, 0.2) is 11.5 Å². The van der Waals surface area contributed by atoms with Crippen molar-refractivity contribution in [2.24, 2.45) is 0 Å². The lowest BCUT2D eigenvalue weighted by Gasteiger charge is -2.04. The highest BCUT2D eigenvalue weighted by molar-refractivity contribution is 5.45. The fourth-order valence-electron chi connectivity index (χ4n) is 1.30. The van der Waals surface area contributed by atoms with Gasteiger partial charge < -0.3 is 14.6 Å². The summed E-state index contributed by atoms with van der Waals surface area (Å²) in [6.07, 6.45) is -2.13. The number of nitro groups is 1. The van der Waals surface area contributed by atoms with Crippen molar-refractivity contribution in [1.82, 2.24) is 0 Å². The molecule has 1 N–H and O–H groups in total. The largest absolute Gasteiger partial charge is 0.517 e. The Kier molecular flexibility index (Phi) is 2.20. The molecule has 1 aromatic rings. The minimum Gasteiger partial charge on any atom is -0.394 e. The molecule has 1 aromatic carbocycles. The fourth-order valence-corrected chi connectivity index (χ4v) is 1.30. The van der Waals surface area contributed by atoms with E-state index >= 15 is 0 Å². The molecule has 1 aliphatic heterocycles. The molecule has 2 rings (SSSR count). The zero-order chi connectivity index (χ0) is 11.0. The van der Waals surface area contributed by atoms with E-state index < -0.39 is 17.4 Å². The predicted octanol–water partition coefficient (Wildman–Crippen LogP) is 1.07. The molecule has 0 saturated carbocycles. The van der Waals surface area contributed by atoms with E-state index in [0.29, 0.717) is 11.3 Å². The van der Waals surface area contributed by atoms with Crippen LogP contribution in [0, 0.1) is 10.1 Å². The van der Waals surface area contributed by atoms with Gasteiger partial charge in [-0.2, -0.15) is 0 Å². The first-order chi connectivity index (χ1) is 7.08. The minimum atomic E-state index is -1.48. The summed E-state index contributed by atoms with van der Waals surface area (Å²) >= 11 is 0. The summed E-state index contributed by atoms with van der Waals surface area (Å²) in [7, 11) is 0. The van der Waals surface area contributed by atoms with Crippen LogP contribution in [0.2, 0.25) is 0 Å². The van der Waals surface area contributed by atoms with E-state index in [2.05, 4.69) is 0 Å². The molecule has 2 unspecified atom stereocenters. The molecule has 1 heterocycles. The van der Waals surface area contributed by atoms with Crippen molar-refractivity contribution in [2.45, 2.75) is 19.4 Å². The molecule has 0 spiro atoms. The Hall–Kier alpha value is -1.82. The Bertz CT molecular complexity index is 403. The summed E-state index contributed by atoms with van der Waals surface area (Å²) < 4.78 is 9.83. The van der Waals surface area contributed by atoms with Gasteiger partial charge in [-0.05, 0) is 24.6 Å². The molecule has 15 heavy (non-hydrogen) atoms. The van der Waals surface area contributed by atoms with Gasteiger partial charge in [0.2, 0.25) is 0 Å². The smallest absolute Gasteiger partial charge is 0.394 e. The normalized spacial score (nSPS) is 20.0. The first-order valence-electron chi connectivity index (χ1n) is 4.37. The van der Waals surface area contributed by atoms with Crippen molar-refractivity contribution < 1.29 is 19.5 Å². The molecule has 0 amide bonds. The highest BCUT2D eigenvalue weighted by Crippen LogP contribution is 2.36. The van der Waals surface area contributed by atoms with Crippen molar-refractivity contribution in [3.63, 3.8) is 0 Å². The number of ether oxygens (including phenoxy) is 2. The van der Waals surface area contributed by atoms with Gasteiger partial charge in [0, 0.05) is 0 Å². The number of rotatable bonds is 2. The van der Waals surface area contributed by atoms with Crippen LogP contribution < -0.4 is 9.47 Å². The van der Waals surface area contributed by atoms with E-state index in [4.69, 9.17) is 9.47 Å². The summed E-state index contributed by atoms with van der Waals surface area (Å²) in [4.78, 5) is 9.73. The number of aliphatic hydroxyl groups excluding tert-OH is 1. The van der Waals surface area contributed by atoms with E-state index in [1.165, 1.54) is 6.07 Å². The van der Waals surface area contributed by atoms with Crippen LogP contribution in [0.15, 0.2) is 18.2 Å². The third-order valence-electron chi connectivity index (χ3n) is 2.08. The van der Waals surface area contributed by atoms with E-state index in [1.807, 2.05) is 0 Å². The van der Waals surface area contributed by atoms with Crippen LogP contribution in [0.4, 0.5) is 0 Å². The number of nitrogens with zero attached hydrogens (tertiary/aromatic N) is 1. The van der Waals surface area contributed by atoms with E-state index in [0.717, 1.165) is 0 Å². The second-order valence-corrected chi connectivity index (χ2v) is 3.21. The van der Waals surface area contributed by atoms with Gasteiger partial charge in [-0.1, -0.05) is 6.07 Å². The maximum absolute atomic E-state index is 10.4. The predicted molar refractivity (Wildman–Crippen MR) is 49.1 cm³/mol. The third-order valence-corrected chi connectivity index (χ3v) is 2.08. The van der Waals surface area contributed by atoms with Crippen molar-refractivity contribution >= 4 is 0 Å². The fraction of sp³-hybridized carbons (Fsp3) is 0.333. The quantitative estimate of drug-likeness (QED) is 0.584. The number of fused-ring (bicyclic) bond motifs is 1. The Morgan fingerprint density at radius 1 is 1.47 bits per heavy atom. The Morgan fingerprint density at radius 2 is 2.13 bits per heavy atom. The van der Waals surface area contributed by atoms with Crippen molar-refractivity contribution in [2.75, 3.05) is 0 Å². The standard InChI is InChI=1S/C9H9NO5/c1-5(11)6-2-3-7-8(4-6)15-9(14-7)10(12)13/h2-5,9,11H,1H3. The van der Waals surface area contributed by atoms with Crippen LogP contribution in [0.25, 0.3) is 0 Å². The number of aliphatic hydroxyl groups is 1. The molecule has 6 heteroatoms. The summed E-state index contributed by atoms with van der Waals surface area (Å²) in [6.45, 7) is 1.60. The average Bonchev–Trinajstić information content (AvgIpc) is 2.59. The summed E-state index contributed by atoms with van der Waals surface area (Å²) in [5.74, 6) is 0.608. The SMILES string of the molecule is CC(O)c1ccc2c(c1)OC([N+](=O)[O-])O2. The number of hydrogen-bond acceptors (Lipinski definition) is 5. The van der Waals surface area contributed by atoms with Gasteiger partial charge in [-0.15, -0.1) is 0 Å². The van der Waals surface area contributed by atoms with Crippen molar-refractivity contribution in [1.29, 1.82) is 0 Å². The summed E-state index contributed by atoms with van der Waals surface area (Å²) in [5, 5.41) is 19.7. The van der Waals surface area contributed by atoms with Crippen LogP contribution in [0.5, 0.6) is 11.5 Å². The maximum atomic E-state index is 10.4. The molecule has 0 aromatic heterocycles. The molecule has 2 atom stereocenters. The second kappa shape index (κ2) is 3.39. The molecule has 6 nitrogen and oxygen atoms in total. The van der Waals surface area contributed by atoms with Crippen molar-refractivity contribution in [3.05, 3.63) is 33.9 Å². The number of benzene rings is 1. The Balaban J connectivity index is 2.27. The Morgan fingerprint density at radius 3 is 2.73 bits per heavy atom. The van der Waals surface area contributed by atoms with Crippen LogP contribution >= 0.6 is 0 Å². The molecular weight excluding hydrogens is 202 g/mol. The van der Waals surface area contributed by atoms with Gasteiger partial charge in [0.1, 0.15) is 4.92 Å². The zero-order valence-corrected chi connectivity index (χ0v) is 7.91. The van der Waals surface area contributed by atoms with Crippen molar-refractivity contribution in [3.8, 4) is 11.5 Å². The first kappa shape index (κ1) is 9.72. The van der Waals surface area contributed by atoms with Gasteiger partial charge >= 0.3 is 6.41 Å². The molecule has 0 bridgehead atoms. The number of hydrogen-bond donors (Lipinski definition) is 1. The lowest BCUT2D eigenvalue weighted by Crippen LogP contribution is -2.27. The lowest BCUT2D eigenvalue weighted by molar-refractivity contribution is -0.600. The van der Waals surface area contributed by atoms with Crippen LogP contribution in [-0.2, 0) is 0 Å². The van der Waals surface area contributed by atoms with Crippen LogP contribution in [-0.4, -0.2) is 16.4 Å². The molecular formula is C9H9NO5. The van der Waals surface area contributed by atoms with Gasteiger partial charge in [0.05, 0.1) is 6.10 Å². The summed E-state index contributed by atoms with van der Waals surface area (Å²) in [5.41, 5.74) is 0.626. The molecule has 0 radical (unpaired) electrons. The third kappa shape index (κ3) is 1.71. The van der Waals surface area contributed by atoms with E-state index in [1.54, 1.807) is 19.1 Å². The second-order valence-electron chi connectivity index (χ2n) is 3.21. The van der Waals surface area contributed by atoms with Gasteiger partial charge in [0.25, 0.3) is 0 Å². The molecule has 0 saturated heterocycles. The van der Waals surface area contributed by atoms with Gasteiger partial charge in [-0.3, -0.25) is 10.1 Å². The highest BCUT2D eigenvalue weighted by Gasteiger charge is 2.33. The molecule has 0 fully saturated rings. The molecule has 0 aliphatic carbocycles. The monoisotopic (exact) mass is 211 g/mol. The maximum Gasteiger partial charge on any atom is 0.517 e. The van der Waals surface area contributed by atoms with Crippen LogP contribution in [0.3, 0.4) is 0 Å². The minimum absolute atomic E-state index is 0.287. The van der Waals surface area contributed by atoms with E-state index in [9.17, 15) is 15.2 Å². The van der Waals surface area contributed by atoms with E-state index in [-0.39, 0.29) is 5.75 Å². The zero-order valence-electron chi connectivity index (χ0n) is 7.91. The highest BCUT2D eigenvalue weighted by atomic mass is 16.8. The average molecular weight is 211 g/mol. The lowest BCUT2D eigenvalue weighted by atomic mass is 10.1. The molecule has 1 aliphatic rings. The topological polar surface area (TPSA) is 81.8 Å².